The average Bonchev–Trinajstić information content (AvgIpc) is 3.70. The maximum absolute atomic E-state index is 12.3. The van der Waals surface area contributed by atoms with E-state index in [4.69, 9.17) is 23.4 Å². The monoisotopic (exact) mass is 585 g/mol. The molecule has 6 rings (SSSR count). The summed E-state index contributed by atoms with van der Waals surface area (Å²) in [4.78, 5) is 20.6. The van der Waals surface area contributed by atoms with Crippen molar-refractivity contribution in [3.05, 3.63) is 107 Å². The summed E-state index contributed by atoms with van der Waals surface area (Å²) in [6.45, 7) is 1.74. The summed E-state index contributed by atoms with van der Waals surface area (Å²) in [7, 11) is 4.86. The lowest BCUT2D eigenvalue weighted by atomic mass is 9.71. The number of furan rings is 1. The summed E-state index contributed by atoms with van der Waals surface area (Å²) >= 11 is 0. The standard InChI is InChI=1S/C26H26O5.C8H9NO3/c1-28-19-11-9-18(10-12-19)26-21(17-7-5-4-6-8-17)13-14-25(26,27)24-22(30-3)15-20(29-2)16-23(24)31-26;1-6(11)9-4-7-2-3-8(5-10)12-7/h4-12,15-16,21,27H,13-14H2,1-3H3;2-3,5H,4H2,1H3,(H,9,11). The van der Waals surface area contributed by atoms with Crippen LogP contribution in [0.3, 0.4) is 0 Å². The topological polar surface area (TPSA) is 116 Å². The number of aldehydes is 1. The van der Waals surface area contributed by atoms with Gasteiger partial charge in [0.1, 0.15) is 34.4 Å². The summed E-state index contributed by atoms with van der Waals surface area (Å²) in [5, 5.41) is 14.9. The van der Waals surface area contributed by atoms with Gasteiger partial charge in [0, 0.05) is 25.0 Å². The third-order valence-electron chi connectivity index (χ3n) is 8.11. The minimum absolute atomic E-state index is 0.0461. The van der Waals surface area contributed by atoms with Gasteiger partial charge in [-0.15, -0.1) is 0 Å². The van der Waals surface area contributed by atoms with Crippen LogP contribution in [-0.4, -0.2) is 38.6 Å². The third-order valence-corrected chi connectivity index (χ3v) is 8.11. The molecule has 4 aromatic rings. The molecule has 9 nitrogen and oxygen atoms in total. The van der Waals surface area contributed by atoms with Crippen LogP contribution < -0.4 is 24.3 Å². The molecule has 1 amide bonds. The van der Waals surface area contributed by atoms with Crippen LogP contribution in [-0.2, 0) is 22.5 Å². The fourth-order valence-corrected chi connectivity index (χ4v) is 6.19. The smallest absolute Gasteiger partial charge is 0.217 e. The van der Waals surface area contributed by atoms with Gasteiger partial charge in [0.25, 0.3) is 0 Å². The van der Waals surface area contributed by atoms with Gasteiger partial charge in [-0.3, -0.25) is 9.59 Å². The van der Waals surface area contributed by atoms with E-state index in [1.807, 2.05) is 48.5 Å². The van der Waals surface area contributed by atoms with Crippen molar-refractivity contribution in [1.82, 2.24) is 5.32 Å². The van der Waals surface area contributed by atoms with Gasteiger partial charge in [-0.1, -0.05) is 42.5 Å². The number of carbonyl (C=O) groups is 2. The molecule has 43 heavy (non-hydrogen) atoms. The number of carbonyl (C=O) groups excluding carboxylic acids is 2. The molecule has 3 atom stereocenters. The first-order valence-electron chi connectivity index (χ1n) is 13.9. The molecule has 0 saturated heterocycles. The molecule has 9 heteroatoms. The van der Waals surface area contributed by atoms with Crippen LogP contribution in [0.25, 0.3) is 0 Å². The second-order valence-electron chi connectivity index (χ2n) is 10.5. The summed E-state index contributed by atoms with van der Waals surface area (Å²) in [6, 6.07) is 24.9. The lowest BCUT2D eigenvalue weighted by Crippen LogP contribution is -2.48. The molecule has 1 aliphatic carbocycles. The second-order valence-corrected chi connectivity index (χ2v) is 10.5. The van der Waals surface area contributed by atoms with Gasteiger partial charge < -0.3 is 33.8 Å². The van der Waals surface area contributed by atoms with Crippen LogP contribution in [0.15, 0.2) is 83.3 Å². The number of fused-ring (bicyclic) bond motifs is 3. The number of ether oxygens (including phenoxy) is 4. The van der Waals surface area contributed by atoms with Crippen LogP contribution in [0, 0.1) is 0 Å². The van der Waals surface area contributed by atoms with E-state index in [1.165, 1.54) is 6.92 Å². The van der Waals surface area contributed by atoms with Crippen LogP contribution in [0.5, 0.6) is 23.0 Å². The minimum atomic E-state index is -1.25. The normalized spacial score (nSPS) is 21.4. The molecule has 0 spiro atoms. The Balaban J connectivity index is 0.000000259. The Morgan fingerprint density at radius 2 is 1.70 bits per heavy atom. The van der Waals surface area contributed by atoms with Crippen LogP contribution in [0.2, 0.25) is 0 Å². The van der Waals surface area contributed by atoms with Crippen molar-refractivity contribution < 1.29 is 38.1 Å². The van der Waals surface area contributed by atoms with Crippen molar-refractivity contribution in [2.24, 2.45) is 0 Å². The first kappa shape index (κ1) is 29.7. The fourth-order valence-electron chi connectivity index (χ4n) is 6.19. The Morgan fingerprint density at radius 3 is 2.30 bits per heavy atom. The lowest BCUT2D eigenvalue weighted by molar-refractivity contribution is -0.119. The van der Waals surface area contributed by atoms with Crippen LogP contribution in [0.1, 0.15) is 58.7 Å². The molecular formula is C34H35NO8. The van der Waals surface area contributed by atoms with Crippen molar-refractivity contribution in [3.63, 3.8) is 0 Å². The molecule has 1 aromatic heterocycles. The van der Waals surface area contributed by atoms with E-state index < -0.39 is 11.2 Å². The number of methoxy groups -OCH3 is 3. The number of hydrogen-bond donors (Lipinski definition) is 2. The SMILES string of the molecule is CC(=O)NCc1ccc(C=O)o1.COc1ccc(C23Oc4cc(OC)cc(OC)c4C2(O)CCC3c2ccccc2)cc1. The number of hydrogen-bond acceptors (Lipinski definition) is 8. The number of nitrogens with one attached hydrogen (secondary N) is 1. The van der Waals surface area contributed by atoms with Crippen LogP contribution >= 0.6 is 0 Å². The van der Waals surface area contributed by atoms with E-state index in [9.17, 15) is 14.7 Å². The Hall–Kier alpha value is -4.76. The summed E-state index contributed by atoms with van der Waals surface area (Å²) in [5.41, 5.74) is 0.467. The molecule has 3 unspecified atom stereocenters. The minimum Gasteiger partial charge on any atom is -0.497 e. The highest BCUT2D eigenvalue weighted by Gasteiger charge is 2.69. The predicted octanol–water partition coefficient (Wildman–Crippen LogP) is 5.49. The van der Waals surface area contributed by atoms with E-state index in [2.05, 4.69) is 17.4 Å². The Labute approximate surface area is 250 Å². The van der Waals surface area contributed by atoms with Crippen molar-refractivity contribution in [3.8, 4) is 23.0 Å². The van der Waals surface area contributed by atoms with Gasteiger partial charge in [0.15, 0.2) is 17.6 Å². The van der Waals surface area contributed by atoms with Crippen LogP contribution in [0.4, 0.5) is 0 Å². The Morgan fingerprint density at radius 1 is 0.977 bits per heavy atom. The number of amides is 1. The van der Waals surface area contributed by atoms with E-state index >= 15 is 0 Å². The average molecular weight is 586 g/mol. The Bertz CT molecular complexity index is 1580. The second kappa shape index (κ2) is 12.2. The largest absolute Gasteiger partial charge is 0.497 e. The molecule has 1 saturated carbocycles. The molecule has 0 radical (unpaired) electrons. The van der Waals surface area contributed by atoms with E-state index in [1.54, 1.807) is 39.5 Å². The third kappa shape index (κ3) is 5.32. The van der Waals surface area contributed by atoms with Gasteiger partial charge >= 0.3 is 0 Å². The maximum atomic E-state index is 12.3. The molecule has 2 heterocycles. The highest BCUT2D eigenvalue weighted by atomic mass is 16.5. The molecule has 224 valence electrons. The molecule has 2 aliphatic rings. The van der Waals surface area contributed by atoms with Gasteiger partial charge in [-0.05, 0) is 48.2 Å². The molecule has 3 aromatic carbocycles. The number of benzene rings is 3. The predicted molar refractivity (Wildman–Crippen MR) is 159 cm³/mol. The summed E-state index contributed by atoms with van der Waals surface area (Å²) in [5.74, 6) is 3.22. The van der Waals surface area contributed by atoms with Gasteiger partial charge in [-0.2, -0.15) is 0 Å². The number of rotatable bonds is 8. The van der Waals surface area contributed by atoms with Crippen molar-refractivity contribution in [1.29, 1.82) is 0 Å². The molecule has 1 fully saturated rings. The zero-order valence-corrected chi connectivity index (χ0v) is 24.6. The Kier molecular flexibility index (Phi) is 8.45. The zero-order chi connectivity index (χ0) is 30.6. The molecular weight excluding hydrogens is 550 g/mol. The number of aliphatic hydroxyl groups is 1. The maximum Gasteiger partial charge on any atom is 0.217 e. The highest BCUT2D eigenvalue weighted by molar-refractivity contribution is 5.73. The van der Waals surface area contributed by atoms with E-state index in [0.29, 0.717) is 47.8 Å². The van der Waals surface area contributed by atoms with E-state index in [-0.39, 0.29) is 17.6 Å². The fraction of sp³-hybridized carbons (Fsp3) is 0.294. The van der Waals surface area contributed by atoms with Gasteiger partial charge in [0.2, 0.25) is 5.91 Å². The quantitative estimate of drug-likeness (QED) is 0.261. The van der Waals surface area contributed by atoms with Gasteiger partial charge in [0.05, 0.1) is 33.4 Å². The first-order valence-corrected chi connectivity index (χ1v) is 13.9. The highest BCUT2D eigenvalue weighted by Crippen LogP contribution is 2.68. The molecule has 0 bridgehead atoms. The molecule has 2 N–H and O–H groups in total. The zero-order valence-electron chi connectivity index (χ0n) is 24.6. The van der Waals surface area contributed by atoms with E-state index in [0.717, 1.165) is 23.3 Å². The van der Waals surface area contributed by atoms with Gasteiger partial charge in [-0.25, -0.2) is 0 Å². The molecule has 1 aliphatic heterocycles. The van der Waals surface area contributed by atoms with Crippen molar-refractivity contribution >= 4 is 12.2 Å². The lowest BCUT2D eigenvalue weighted by Gasteiger charge is -2.40. The summed E-state index contributed by atoms with van der Waals surface area (Å²) in [6.07, 6.45) is 1.95. The summed E-state index contributed by atoms with van der Waals surface area (Å²) < 4.78 is 28.3. The van der Waals surface area contributed by atoms with Crippen molar-refractivity contribution in [2.45, 2.75) is 43.4 Å². The first-order chi connectivity index (χ1) is 20.8. The van der Waals surface area contributed by atoms with Crippen molar-refractivity contribution in [2.75, 3.05) is 21.3 Å².